The summed E-state index contributed by atoms with van der Waals surface area (Å²) >= 11 is 0. The second-order valence-electron chi connectivity index (χ2n) is 10.4. The molecule has 9 heteroatoms. The summed E-state index contributed by atoms with van der Waals surface area (Å²) < 4.78 is 45.9. The van der Waals surface area contributed by atoms with Gasteiger partial charge in [0.25, 0.3) is 0 Å². The molecule has 0 fully saturated rings. The molecule has 1 heterocycles. The van der Waals surface area contributed by atoms with Crippen molar-refractivity contribution in [3.63, 3.8) is 0 Å². The van der Waals surface area contributed by atoms with Gasteiger partial charge in [-0.05, 0) is 40.7 Å². The van der Waals surface area contributed by atoms with Gasteiger partial charge < -0.3 is 14.9 Å². The van der Waals surface area contributed by atoms with Crippen LogP contribution in [0.5, 0.6) is 0 Å². The number of rotatable bonds is 7. The number of esters is 1. The number of benzene rings is 2. The first-order chi connectivity index (χ1) is 17.2. The van der Waals surface area contributed by atoms with E-state index in [9.17, 15) is 27.9 Å². The van der Waals surface area contributed by atoms with Crippen molar-refractivity contribution >= 4 is 17.7 Å². The van der Waals surface area contributed by atoms with E-state index < -0.39 is 48.0 Å². The van der Waals surface area contributed by atoms with E-state index in [1.165, 1.54) is 0 Å². The number of hydrogen-bond acceptors (Lipinski definition) is 4. The van der Waals surface area contributed by atoms with E-state index in [2.05, 4.69) is 5.32 Å². The fourth-order valence-corrected chi connectivity index (χ4v) is 5.10. The Balaban J connectivity index is 2.15. The van der Waals surface area contributed by atoms with Crippen LogP contribution in [0.25, 0.3) is 0 Å². The molecule has 0 aromatic heterocycles. The van der Waals surface area contributed by atoms with E-state index in [-0.39, 0.29) is 23.4 Å². The molecule has 1 aliphatic rings. The quantitative estimate of drug-likeness (QED) is 0.330. The van der Waals surface area contributed by atoms with Crippen LogP contribution in [0.15, 0.2) is 59.9 Å². The Bertz CT molecular complexity index is 1200. The van der Waals surface area contributed by atoms with Gasteiger partial charge in [0.05, 0.1) is 5.57 Å². The fourth-order valence-electron chi connectivity index (χ4n) is 5.10. The normalized spacial score (nSPS) is 19.4. The van der Waals surface area contributed by atoms with Crippen molar-refractivity contribution in [2.45, 2.75) is 71.1 Å². The standard InChI is InChI=1S/C28H32F3NO5/c1-5-17-9-6-7-12-20(17)27(13-14-28(29,30)31)16-21(33)22(24(34)37-27)23(26(2,3)4)18-10-8-11-19(15-18)32-25(35)36/h6-12,15,23,32-33H,5,13-14,16H2,1-4H3,(H,35,36). The topological polar surface area (TPSA) is 95.9 Å². The van der Waals surface area contributed by atoms with Gasteiger partial charge in [0.2, 0.25) is 0 Å². The molecule has 0 bridgehead atoms. The van der Waals surface area contributed by atoms with Crippen molar-refractivity contribution in [3.8, 4) is 0 Å². The van der Waals surface area contributed by atoms with Gasteiger partial charge in [-0.3, -0.25) is 5.32 Å². The number of anilines is 1. The van der Waals surface area contributed by atoms with E-state index >= 15 is 0 Å². The van der Waals surface area contributed by atoms with Crippen LogP contribution in [0, 0.1) is 5.41 Å². The highest BCUT2D eigenvalue weighted by molar-refractivity contribution is 5.92. The van der Waals surface area contributed by atoms with E-state index in [0.29, 0.717) is 17.5 Å². The summed E-state index contributed by atoms with van der Waals surface area (Å²) in [7, 11) is 0. The smallest absolute Gasteiger partial charge is 0.409 e. The molecule has 3 rings (SSSR count). The van der Waals surface area contributed by atoms with Gasteiger partial charge in [-0.2, -0.15) is 13.2 Å². The molecule has 37 heavy (non-hydrogen) atoms. The number of amides is 1. The fraction of sp³-hybridized carbons (Fsp3) is 0.429. The number of aliphatic hydroxyl groups is 1. The van der Waals surface area contributed by atoms with Crippen LogP contribution < -0.4 is 5.32 Å². The molecule has 0 saturated carbocycles. The number of alkyl halides is 3. The van der Waals surface area contributed by atoms with Gasteiger partial charge in [0.15, 0.2) is 0 Å². The minimum Gasteiger partial charge on any atom is -0.512 e. The number of carbonyl (C=O) groups excluding carboxylic acids is 1. The van der Waals surface area contributed by atoms with Gasteiger partial charge in [-0.1, -0.05) is 64.1 Å². The molecule has 1 amide bonds. The SMILES string of the molecule is CCc1ccccc1C1(CCC(F)(F)F)CC(O)=C(C(c2cccc(NC(=O)O)c2)C(C)(C)C)C(=O)O1. The molecular weight excluding hydrogens is 487 g/mol. The zero-order valence-corrected chi connectivity index (χ0v) is 21.3. The largest absolute Gasteiger partial charge is 0.512 e. The zero-order valence-electron chi connectivity index (χ0n) is 21.3. The van der Waals surface area contributed by atoms with Gasteiger partial charge in [-0.15, -0.1) is 0 Å². The van der Waals surface area contributed by atoms with Gasteiger partial charge in [-0.25, -0.2) is 9.59 Å². The first-order valence-corrected chi connectivity index (χ1v) is 12.1. The number of carboxylic acid groups (broad SMARTS) is 1. The lowest BCUT2D eigenvalue weighted by molar-refractivity contribution is -0.175. The van der Waals surface area contributed by atoms with E-state index in [0.717, 1.165) is 5.56 Å². The third kappa shape index (κ3) is 6.45. The zero-order chi connectivity index (χ0) is 27.6. The van der Waals surface area contributed by atoms with Gasteiger partial charge in [0.1, 0.15) is 11.4 Å². The lowest BCUT2D eigenvalue weighted by Crippen LogP contribution is -2.42. The third-order valence-electron chi connectivity index (χ3n) is 6.60. The number of aliphatic hydroxyl groups excluding tert-OH is 1. The molecule has 2 aromatic rings. The number of halogens is 3. The summed E-state index contributed by atoms with van der Waals surface area (Å²) in [6.07, 6.45) is -7.26. The Hall–Kier alpha value is -3.49. The Morgan fingerprint density at radius 1 is 1.14 bits per heavy atom. The van der Waals surface area contributed by atoms with Crippen LogP contribution in [0.4, 0.5) is 23.7 Å². The van der Waals surface area contributed by atoms with Crippen molar-refractivity contribution < 1.29 is 37.7 Å². The molecular formula is C28H32F3NO5. The molecule has 0 aliphatic carbocycles. The van der Waals surface area contributed by atoms with E-state index in [1.54, 1.807) is 48.5 Å². The van der Waals surface area contributed by atoms with Gasteiger partial charge >= 0.3 is 18.2 Å². The summed E-state index contributed by atoms with van der Waals surface area (Å²) in [5, 5.41) is 22.7. The Labute approximate surface area is 214 Å². The van der Waals surface area contributed by atoms with Crippen LogP contribution in [-0.2, 0) is 21.6 Å². The van der Waals surface area contributed by atoms with Crippen molar-refractivity contribution in [3.05, 3.63) is 76.6 Å². The molecule has 6 nitrogen and oxygen atoms in total. The summed E-state index contributed by atoms with van der Waals surface area (Å²) in [5.41, 5.74) is -0.362. The van der Waals surface area contributed by atoms with Crippen LogP contribution in [0.1, 0.15) is 69.6 Å². The molecule has 2 unspecified atom stereocenters. The maximum Gasteiger partial charge on any atom is 0.409 e. The van der Waals surface area contributed by atoms with Crippen molar-refractivity contribution in [2.75, 3.05) is 5.32 Å². The van der Waals surface area contributed by atoms with Crippen LogP contribution in [0.3, 0.4) is 0 Å². The molecule has 0 spiro atoms. The monoisotopic (exact) mass is 519 g/mol. The summed E-state index contributed by atoms with van der Waals surface area (Å²) in [6, 6.07) is 13.3. The molecule has 0 saturated heterocycles. The maximum absolute atomic E-state index is 13.6. The lowest BCUT2D eigenvalue weighted by atomic mass is 9.69. The molecule has 200 valence electrons. The number of nitrogens with one attached hydrogen (secondary N) is 1. The average Bonchev–Trinajstić information content (AvgIpc) is 2.78. The summed E-state index contributed by atoms with van der Waals surface area (Å²) in [5.74, 6) is -1.95. The van der Waals surface area contributed by atoms with E-state index in [1.807, 2.05) is 27.7 Å². The van der Waals surface area contributed by atoms with Crippen molar-refractivity contribution in [1.29, 1.82) is 0 Å². The second-order valence-corrected chi connectivity index (χ2v) is 10.4. The maximum atomic E-state index is 13.6. The lowest BCUT2D eigenvalue weighted by Gasteiger charge is -2.42. The number of hydrogen-bond donors (Lipinski definition) is 3. The molecule has 0 radical (unpaired) electrons. The number of cyclic esters (lactones) is 1. The molecule has 1 aliphatic heterocycles. The Kier molecular flexibility index (Phi) is 7.95. The van der Waals surface area contributed by atoms with Crippen LogP contribution >= 0.6 is 0 Å². The summed E-state index contributed by atoms with van der Waals surface area (Å²) in [6.45, 7) is 7.40. The number of carbonyl (C=O) groups is 2. The highest BCUT2D eigenvalue weighted by Gasteiger charge is 2.49. The molecule has 2 atom stereocenters. The Morgan fingerprint density at radius 2 is 1.81 bits per heavy atom. The first-order valence-electron chi connectivity index (χ1n) is 12.1. The average molecular weight is 520 g/mol. The van der Waals surface area contributed by atoms with Gasteiger partial charge in [0, 0.05) is 30.9 Å². The predicted molar refractivity (Wildman–Crippen MR) is 133 cm³/mol. The number of ether oxygens (including phenoxy) is 1. The minimum absolute atomic E-state index is 0.0448. The molecule has 3 N–H and O–H groups in total. The third-order valence-corrected chi connectivity index (χ3v) is 6.60. The van der Waals surface area contributed by atoms with E-state index in [4.69, 9.17) is 9.84 Å². The second kappa shape index (κ2) is 10.5. The Morgan fingerprint density at radius 3 is 2.38 bits per heavy atom. The first kappa shape index (κ1) is 28.1. The molecule has 2 aromatic carbocycles. The highest BCUT2D eigenvalue weighted by atomic mass is 19.4. The predicted octanol–water partition coefficient (Wildman–Crippen LogP) is 7.47. The number of aryl methyl sites for hydroxylation is 1. The van der Waals surface area contributed by atoms with Crippen molar-refractivity contribution in [1.82, 2.24) is 0 Å². The van der Waals surface area contributed by atoms with Crippen molar-refractivity contribution in [2.24, 2.45) is 5.41 Å². The van der Waals surface area contributed by atoms with Crippen LogP contribution in [-0.4, -0.2) is 28.5 Å². The van der Waals surface area contributed by atoms with Crippen LogP contribution in [0.2, 0.25) is 0 Å². The minimum atomic E-state index is -4.48. The summed E-state index contributed by atoms with van der Waals surface area (Å²) in [4.78, 5) is 24.7. The highest BCUT2D eigenvalue weighted by Crippen LogP contribution is 2.50.